The molecule has 0 unspecified atom stereocenters. The van der Waals surface area contributed by atoms with Crippen LogP contribution in [0.4, 0.5) is 0 Å². The predicted octanol–water partition coefficient (Wildman–Crippen LogP) is 6.94. The van der Waals surface area contributed by atoms with Gasteiger partial charge in [-0.05, 0) is 45.2 Å². The van der Waals surface area contributed by atoms with E-state index in [-0.39, 0.29) is 0 Å². The number of fused-ring (bicyclic) bond motifs is 1. The van der Waals surface area contributed by atoms with Crippen molar-refractivity contribution in [2.75, 3.05) is 0 Å². The molecule has 4 aromatic carbocycles. The number of hydrogen-bond donors (Lipinski definition) is 0. The van der Waals surface area contributed by atoms with E-state index in [1.165, 1.54) is 33.0 Å². The van der Waals surface area contributed by atoms with Crippen LogP contribution in [0.3, 0.4) is 0 Å². The third-order valence-corrected chi connectivity index (χ3v) is 4.84. The maximum absolute atomic E-state index is 3.62. The summed E-state index contributed by atoms with van der Waals surface area (Å²) < 4.78 is 1.12. The predicted molar refractivity (Wildman–Crippen MR) is 103 cm³/mol. The van der Waals surface area contributed by atoms with Crippen LogP contribution in [0, 0.1) is 0 Å². The van der Waals surface area contributed by atoms with E-state index in [1.807, 2.05) is 6.07 Å². The van der Waals surface area contributed by atoms with Crippen molar-refractivity contribution in [1.82, 2.24) is 0 Å². The summed E-state index contributed by atoms with van der Waals surface area (Å²) in [5.41, 5.74) is 4.94. The van der Waals surface area contributed by atoms with Crippen molar-refractivity contribution >= 4 is 26.7 Å². The largest absolute Gasteiger partial charge is 0.0616 e. The van der Waals surface area contributed by atoms with Crippen LogP contribution >= 0.6 is 15.9 Å². The Morgan fingerprint density at radius 1 is 0.478 bits per heavy atom. The molecule has 4 aromatic rings. The Morgan fingerprint density at radius 3 is 1.87 bits per heavy atom. The molecule has 23 heavy (non-hydrogen) atoms. The number of rotatable bonds is 2. The highest BCUT2D eigenvalue weighted by molar-refractivity contribution is 9.10. The standard InChI is InChI=1S/C22H15Br/c23-22-8-4-3-7-21(22)18-12-9-17(10-13-18)20-14-11-16-5-1-2-6-19(16)15-20/h1-15H. The third-order valence-electron chi connectivity index (χ3n) is 4.15. The van der Waals surface area contributed by atoms with E-state index in [0.29, 0.717) is 0 Å². The van der Waals surface area contributed by atoms with E-state index >= 15 is 0 Å². The minimum Gasteiger partial charge on any atom is -0.0616 e. The van der Waals surface area contributed by atoms with Gasteiger partial charge >= 0.3 is 0 Å². The second-order valence-electron chi connectivity index (χ2n) is 5.62. The second-order valence-corrected chi connectivity index (χ2v) is 6.47. The third kappa shape index (κ3) is 2.80. The molecule has 4 rings (SSSR count). The van der Waals surface area contributed by atoms with Gasteiger partial charge in [0.05, 0.1) is 0 Å². The summed E-state index contributed by atoms with van der Waals surface area (Å²) >= 11 is 3.62. The molecule has 0 aliphatic heterocycles. The van der Waals surface area contributed by atoms with Gasteiger partial charge in [0.2, 0.25) is 0 Å². The van der Waals surface area contributed by atoms with Crippen LogP contribution in [0.15, 0.2) is 95.5 Å². The molecule has 0 aromatic heterocycles. The molecular formula is C22H15Br. The van der Waals surface area contributed by atoms with Crippen LogP contribution in [0.5, 0.6) is 0 Å². The van der Waals surface area contributed by atoms with Gasteiger partial charge in [-0.3, -0.25) is 0 Å². The quantitative estimate of drug-likeness (QED) is 0.364. The SMILES string of the molecule is Brc1ccccc1-c1ccc(-c2ccc3ccccc3c2)cc1. The number of halogens is 1. The van der Waals surface area contributed by atoms with Crippen molar-refractivity contribution in [1.29, 1.82) is 0 Å². The summed E-state index contributed by atoms with van der Waals surface area (Å²) in [4.78, 5) is 0. The van der Waals surface area contributed by atoms with Crippen molar-refractivity contribution in [3.63, 3.8) is 0 Å². The Kier molecular flexibility index (Phi) is 3.72. The van der Waals surface area contributed by atoms with E-state index in [2.05, 4.69) is 101 Å². The molecule has 0 radical (unpaired) electrons. The lowest BCUT2D eigenvalue weighted by Crippen LogP contribution is -1.82. The van der Waals surface area contributed by atoms with E-state index in [9.17, 15) is 0 Å². The number of hydrogen-bond acceptors (Lipinski definition) is 0. The van der Waals surface area contributed by atoms with Gasteiger partial charge in [0.15, 0.2) is 0 Å². The maximum atomic E-state index is 3.62. The van der Waals surface area contributed by atoms with Gasteiger partial charge in [-0.2, -0.15) is 0 Å². The molecule has 0 amide bonds. The molecule has 0 bridgehead atoms. The van der Waals surface area contributed by atoms with Gasteiger partial charge in [-0.25, -0.2) is 0 Å². The summed E-state index contributed by atoms with van der Waals surface area (Å²) in [6.45, 7) is 0. The lowest BCUT2D eigenvalue weighted by atomic mass is 9.98. The van der Waals surface area contributed by atoms with Crippen molar-refractivity contribution in [2.24, 2.45) is 0 Å². The molecule has 0 N–H and O–H groups in total. The lowest BCUT2D eigenvalue weighted by Gasteiger charge is -2.08. The average Bonchev–Trinajstić information content (AvgIpc) is 2.62. The molecule has 0 aliphatic carbocycles. The first-order valence-corrected chi connectivity index (χ1v) is 8.45. The van der Waals surface area contributed by atoms with Gasteiger partial charge in [0, 0.05) is 4.47 Å². The number of benzene rings is 4. The zero-order valence-corrected chi connectivity index (χ0v) is 14.1. The lowest BCUT2D eigenvalue weighted by molar-refractivity contribution is 1.57. The summed E-state index contributed by atoms with van der Waals surface area (Å²) in [6, 6.07) is 32.2. The summed E-state index contributed by atoms with van der Waals surface area (Å²) in [6.07, 6.45) is 0. The molecule has 0 fully saturated rings. The van der Waals surface area contributed by atoms with Crippen molar-refractivity contribution in [3.05, 3.63) is 95.5 Å². The Balaban J connectivity index is 1.73. The average molecular weight is 359 g/mol. The fourth-order valence-corrected chi connectivity index (χ4v) is 3.42. The van der Waals surface area contributed by atoms with Crippen LogP contribution in [0.25, 0.3) is 33.0 Å². The zero-order chi connectivity index (χ0) is 15.6. The first-order valence-electron chi connectivity index (χ1n) is 7.65. The Labute approximate surface area is 144 Å². The highest BCUT2D eigenvalue weighted by atomic mass is 79.9. The maximum Gasteiger partial charge on any atom is 0.0253 e. The van der Waals surface area contributed by atoms with Crippen LogP contribution < -0.4 is 0 Å². The fourth-order valence-electron chi connectivity index (χ4n) is 2.91. The molecule has 0 aliphatic rings. The Hall–Kier alpha value is -2.38. The molecule has 0 saturated heterocycles. The smallest absolute Gasteiger partial charge is 0.0253 e. The van der Waals surface area contributed by atoms with Crippen LogP contribution in [-0.4, -0.2) is 0 Å². The van der Waals surface area contributed by atoms with Crippen molar-refractivity contribution in [3.8, 4) is 22.3 Å². The van der Waals surface area contributed by atoms with E-state index < -0.39 is 0 Å². The van der Waals surface area contributed by atoms with E-state index in [4.69, 9.17) is 0 Å². The molecule has 0 nitrogen and oxygen atoms in total. The molecule has 0 spiro atoms. The summed E-state index contributed by atoms with van der Waals surface area (Å²) in [5.74, 6) is 0. The van der Waals surface area contributed by atoms with Gasteiger partial charge in [-0.1, -0.05) is 94.8 Å². The van der Waals surface area contributed by atoms with Gasteiger partial charge < -0.3 is 0 Å². The van der Waals surface area contributed by atoms with Crippen molar-refractivity contribution in [2.45, 2.75) is 0 Å². The fraction of sp³-hybridized carbons (Fsp3) is 0. The van der Waals surface area contributed by atoms with Gasteiger partial charge in [0.25, 0.3) is 0 Å². The van der Waals surface area contributed by atoms with Gasteiger partial charge in [0.1, 0.15) is 0 Å². The first kappa shape index (κ1) is 14.2. The monoisotopic (exact) mass is 358 g/mol. The minimum atomic E-state index is 1.12. The van der Waals surface area contributed by atoms with Crippen LogP contribution in [-0.2, 0) is 0 Å². The molecule has 0 heterocycles. The highest BCUT2D eigenvalue weighted by Crippen LogP contribution is 2.30. The molecule has 0 saturated carbocycles. The molecule has 1 heteroatoms. The first-order chi connectivity index (χ1) is 11.3. The minimum absolute atomic E-state index is 1.12. The summed E-state index contributed by atoms with van der Waals surface area (Å²) in [7, 11) is 0. The zero-order valence-electron chi connectivity index (χ0n) is 12.5. The second kappa shape index (κ2) is 6.02. The van der Waals surface area contributed by atoms with Crippen LogP contribution in [0.2, 0.25) is 0 Å². The summed E-state index contributed by atoms with van der Waals surface area (Å²) in [5, 5.41) is 2.56. The molecule has 110 valence electrons. The highest BCUT2D eigenvalue weighted by Gasteiger charge is 2.04. The van der Waals surface area contributed by atoms with Gasteiger partial charge in [-0.15, -0.1) is 0 Å². The normalized spacial score (nSPS) is 10.8. The Bertz CT molecular complexity index is 968. The van der Waals surface area contributed by atoms with Crippen LogP contribution in [0.1, 0.15) is 0 Å². The van der Waals surface area contributed by atoms with E-state index in [0.717, 1.165) is 4.47 Å². The van der Waals surface area contributed by atoms with E-state index in [1.54, 1.807) is 0 Å². The Morgan fingerprint density at radius 2 is 1.09 bits per heavy atom. The van der Waals surface area contributed by atoms with Crippen molar-refractivity contribution < 1.29 is 0 Å². The molecular weight excluding hydrogens is 344 g/mol. The topological polar surface area (TPSA) is 0 Å². The molecule has 0 atom stereocenters.